The lowest BCUT2D eigenvalue weighted by molar-refractivity contribution is -0.122. The van der Waals surface area contributed by atoms with Crippen molar-refractivity contribution >= 4 is 5.91 Å². The van der Waals surface area contributed by atoms with Gasteiger partial charge in [0.25, 0.3) is 0 Å². The predicted molar refractivity (Wildman–Crippen MR) is 87.0 cm³/mol. The number of aromatic nitrogens is 1. The molecule has 0 unspecified atom stereocenters. The van der Waals surface area contributed by atoms with Gasteiger partial charge < -0.3 is 14.5 Å². The van der Waals surface area contributed by atoms with Gasteiger partial charge in [0.05, 0.1) is 24.3 Å². The molecular formula is C18H22N2O3. The first-order valence-electron chi connectivity index (χ1n) is 8.06. The van der Waals surface area contributed by atoms with E-state index in [4.69, 9.17) is 9.15 Å². The Morgan fingerprint density at radius 1 is 1.39 bits per heavy atom. The van der Waals surface area contributed by atoms with Crippen LogP contribution in [-0.4, -0.2) is 29.6 Å². The molecule has 2 atom stereocenters. The van der Waals surface area contributed by atoms with Gasteiger partial charge in [-0.15, -0.1) is 0 Å². The Bertz CT molecular complexity index is 660. The molecule has 2 aromatic rings. The average molecular weight is 314 g/mol. The van der Waals surface area contributed by atoms with Crippen molar-refractivity contribution in [2.75, 3.05) is 6.61 Å². The molecule has 1 aliphatic heterocycles. The summed E-state index contributed by atoms with van der Waals surface area (Å²) in [4.78, 5) is 16.7. The van der Waals surface area contributed by atoms with Crippen LogP contribution in [0.3, 0.4) is 0 Å². The number of oxazole rings is 1. The summed E-state index contributed by atoms with van der Waals surface area (Å²) < 4.78 is 11.3. The van der Waals surface area contributed by atoms with Crippen LogP contribution < -0.4 is 5.32 Å². The first-order valence-corrected chi connectivity index (χ1v) is 8.06. The Morgan fingerprint density at radius 3 is 2.87 bits per heavy atom. The molecule has 1 fully saturated rings. The second-order valence-corrected chi connectivity index (χ2v) is 5.97. The van der Waals surface area contributed by atoms with Gasteiger partial charge in [-0.2, -0.15) is 0 Å². The first kappa shape index (κ1) is 15.7. The molecule has 0 saturated carbocycles. The lowest BCUT2D eigenvalue weighted by Gasteiger charge is -2.19. The molecule has 1 aromatic heterocycles. The van der Waals surface area contributed by atoms with Crippen LogP contribution in [0.4, 0.5) is 0 Å². The highest BCUT2D eigenvalue weighted by Gasteiger charge is 2.24. The minimum atomic E-state index is -0.0518. The third-order valence-electron chi connectivity index (χ3n) is 4.15. The first-order chi connectivity index (χ1) is 11.1. The summed E-state index contributed by atoms with van der Waals surface area (Å²) >= 11 is 0. The number of nitrogens with one attached hydrogen (secondary N) is 1. The topological polar surface area (TPSA) is 64.4 Å². The monoisotopic (exact) mass is 314 g/mol. The number of nitrogens with zero attached hydrogens (tertiary/aromatic N) is 1. The molecule has 23 heavy (non-hydrogen) atoms. The summed E-state index contributed by atoms with van der Waals surface area (Å²) in [5, 5.41) is 3.00. The van der Waals surface area contributed by atoms with Crippen LogP contribution >= 0.6 is 0 Å². The molecule has 1 saturated heterocycles. The molecule has 0 bridgehead atoms. The Labute approximate surface area is 136 Å². The quantitative estimate of drug-likeness (QED) is 0.921. The number of hydrogen-bond donors (Lipinski definition) is 1. The second kappa shape index (κ2) is 6.96. The van der Waals surface area contributed by atoms with E-state index in [1.54, 1.807) is 0 Å². The number of carbonyl (C=O) groups is 1. The lowest BCUT2D eigenvalue weighted by atomic mass is 10.1. The molecule has 1 aromatic carbocycles. The van der Waals surface area contributed by atoms with Gasteiger partial charge in [-0.05, 0) is 38.8 Å². The van der Waals surface area contributed by atoms with Crippen molar-refractivity contribution in [1.29, 1.82) is 0 Å². The summed E-state index contributed by atoms with van der Waals surface area (Å²) in [6, 6.07) is 9.71. The van der Waals surface area contributed by atoms with Crippen LogP contribution in [0.25, 0.3) is 11.5 Å². The lowest BCUT2D eigenvalue weighted by Crippen LogP contribution is -2.41. The van der Waals surface area contributed by atoms with Crippen LogP contribution in [0.15, 0.2) is 34.7 Å². The highest BCUT2D eigenvalue weighted by molar-refractivity contribution is 5.78. The molecule has 122 valence electrons. The summed E-state index contributed by atoms with van der Waals surface area (Å²) in [7, 11) is 0. The zero-order valence-electron chi connectivity index (χ0n) is 13.5. The Morgan fingerprint density at radius 2 is 2.17 bits per heavy atom. The van der Waals surface area contributed by atoms with Crippen LogP contribution in [-0.2, 0) is 16.0 Å². The van der Waals surface area contributed by atoms with E-state index < -0.39 is 0 Å². The van der Waals surface area contributed by atoms with E-state index in [2.05, 4.69) is 10.3 Å². The number of carbonyl (C=O) groups excluding carboxylic acids is 1. The maximum Gasteiger partial charge on any atom is 0.226 e. The molecule has 5 nitrogen and oxygen atoms in total. The summed E-state index contributed by atoms with van der Waals surface area (Å²) in [5.74, 6) is 1.19. The van der Waals surface area contributed by atoms with Gasteiger partial charge in [0.1, 0.15) is 5.76 Å². The van der Waals surface area contributed by atoms with Crippen LogP contribution in [0.2, 0.25) is 0 Å². The fourth-order valence-electron chi connectivity index (χ4n) is 2.84. The Hall–Kier alpha value is -2.14. The fourth-order valence-corrected chi connectivity index (χ4v) is 2.84. The summed E-state index contributed by atoms with van der Waals surface area (Å²) in [6.07, 6.45) is 2.41. The molecule has 1 N–H and O–H groups in total. The molecule has 0 spiro atoms. The van der Waals surface area contributed by atoms with Crippen LogP contribution in [0, 0.1) is 6.92 Å². The highest BCUT2D eigenvalue weighted by atomic mass is 16.5. The van der Waals surface area contributed by atoms with Gasteiger partial charge in [0.2, 0.25) is 11.8 Å². The Balaban J connectivity index is 1.63. The van der Waals surface area contributed by atoms with E-state index in [1.807, 2.05) is 44.2 Å². The maximum absolute atomic E-state index is 12.2. The second-order valence-electron chi connectivity index (χ2n) is 5.97. The molecule has 1 aliphatic rings. The van der Waals surface area contributed by atoms with E-state index in [-0.39, 0.29) is 24.5 Å². The number of rotatable bonds is 5. The minimum Gasteiger partial charge on any atom is -0.441 e. The highest BCUT2D eigenvalue weighted by Crippen LogP contribution is 2.22. The van der Waals surface area contributed by atoms with Gasteiger partial charge in [-0.25, -0.2) is 4.98 Å². The van der Waals surface area contributed by atoms with E-state index in [1.165, 1.54) is 0 Å². The fraction of sp³-hybridized carbons (Fsp3) is 0.444. The maximum atomic E-state index is 12.2. The van der Waals surface area contributed by atoms with Crippen molar-refractivity contribution in [3.8, 4) is 11.5 Å². The zero-order valence-corrected chi connectivity index (χ0v) is 13.5. The van der Waals surface area contributed by atoms with Crippen LogP contribution in [0.5, 0.6) is 0 Å². The predicted octanol–water partition coefficient (Wildman–Crippen LogP) is 2.88. The SMILES string of the molecule is Cc1oc(-c2ccccc2)nc1CC(=O)N[C@@H](C)[C@H]1CCCO1. The molecule has 2 heterocycles. The minimum absolute atomic E-state index is 0.0193. The van der Waals surface area contributed by atoms with Crippen LogP contribution in [0.1, 0.15) is 31.2 Å². The smallest absolute Gasteiger partial charge is 0.226 e. The third-order valence-corrected chi connectivity index (χ3v) is 4.15. The molecule has 5 heteroatoms. The number of amides is 1. The van der Waals surface area contributed by atoms with Gasteiger partial charge in [0, 0.05) is 12.2 Å². The standard InChI is InChI=1S/C18H22N2O3/c1-12(16-9-6-10-22-16)19-17(21)11-15-13(2)23-18(20-15)14-7-4-3-5-8-14/h3-5,7-8,12,16H,6,9-11H2,1-2H3,(H,19,21)/t12-,16+/m0/s1. The number of aryl methyl sites for hydroxylation is 1. The molecule has 1 amide bonds. The van der Waals surface area contributed by atoms with Gasteiger partial charge >= 0.3 is 0 Å². The number of hydrogen-bond acceptors (Lipinski definition) is 4. The van der Waals surface area contributed by atoms with Gasteiger partial charge in [0.15, 0.2) is 0 Å². The molecule has 0 aliphatic carbocycles. The summed E-state index contributed by atoms with van der Waals surface area (Å²) in [5.41, 5.74) is 1.59. The van der Waals surface area contributed by atoms with Gasteiger partial charge in [-0.3, -0.25) is 4.79 Å². The number of benzene rings is 1. The summed E-state index contributed by atoms with van der Waals surface area (Å²) in [6.45, 7) is 4.61. The third kappa shape index (κ3) is 3.79. The van der Waals surface area contributed by atoms with Crippen molar-refractivity contribution in [3.63, 3.8) is 0 Å². The average Bonchev–Trinajstić information content (AvgIpc) is 3.19. The van der Waals surface area contributed by atoms with E-state index >= 15 is 0 Å². The molecular weight excluding hydrogens is 292 g/mol. The molecule has 3 rings (SSSR count). The Kier molecular flexibility index (Phi) is 4.76. The van der Waals surface area contributed by atoms with Crippen molar-refractivity contribution in [1.82, 2.24) is 10.3 Å². The zero-order chi connectivity index (χ0) is 16.2. The van der Waals surface area contributed by atoms with Crippen molar-refractivity contribution in [2.45, 2.75) is 45.3 Å². The van der Waals surface area contributed by atoms with Gasteiger partial charge in [-0.1, -0.05) is 18.2 Å². The number of ether oxygens (including phenoxy) is 1. The largest absolute Gasteiger partial charge is 0.441 e. The molecule has 0 radical (unpaired) electrons. The van der Waals surface area contributed by atoms with E-state index in [9.17, 15) is 4.79 Å². The van der Waals surface area contributed by atoms with Crippen molar-refractivity contribution < 1.29 is 13.9 Å². The van der Waals surface area contributed by atoms with Crippen molar-refractivity contribution in [3.05, 3.63) is 41.8 Å². The van der Waals surface area contributed by atoms with E-state index in [0.29, 0.717) is 17.3 Å². The van der Waals surface area contributed by atoms with E-state index in [0.717, 1.165) is 25.0 Å². The van der Waals surface area contributed by atoms with Crippen molar-refractivity contribution in [2.24, 2.45) is 0 Å². The normalized spacial score (nSPS) is 18.8.